The van der Waals surface area contributed by atoms with E-state index in [0.717, 1.165) is 12.1 Å². The zero-order valence-electron chi connectivity index (χ0n) is 12.8. The van der Waals surface area contributed by atoms with E-state index in [-0.39, 0.29) is 12.1 Å². The zero-order chi connectivity index (χ0) is 17.7. The number of rotatable bonds is 5. The van der Waals surface area contributed by atoms with Crippen molar-refractivity contribution in [3.63, 3.8) is 0 Å². The van der Waals surface area contributed by atoms with Crippen molar-refractivity contribution in [2.45, 2.75) is 12.3 Å². The van der Waals surface area contributed by atoms with Gasteiger partial charge in [0.25, 0.3) is 5.91 Å². The zero-order valence-corrected chi connectivity index (χ0v) is 12.8. The molecule has 2 N–H and O–H groups in total. The number of hydrogen-bond donors (Lipinski definition) is 2. The molecule has 1 atom stereocenters. The fourth-order valence-corrected chi connectivity index (χ4v) is 2.05. The van der Waals surface area contributed by atoms with Gasteiger partial charge in [-0.05, 0) is 42.0 Å². The largest absolute Gasteiger partial charge is 0.497 e. The summed E-state index contributed by atoms with van der Waals surface area (Å²) < 4.78 is 42.5. The Balaban J connectivity index is 1.94. The molecular weight excluding hydrogens is 323 g/mol. The van der Waals surface area contributed by atoms with Crippen molar-refractivity contribution in [2.24, 2.45) is 0 Å². The topological polar surface area (TPSA) is 58.6 Å². The highest BCUT2D eigenvalue weighted by Gasteiger charge is 2.30. The van der Waals surface area contributed by atoms with Crippen LogP contribution in [-0.2, 0) is 6.18 Å². The summed E-state index contributed by atoms with van der Waals surface area (Å²) in [6.45, 7) is -0.115. The van der Waals surface area contributed by atoms with Crippen LogP contribution in [0.25, 0.3) is 0 Å². The molecule has 2 aromatic rings. The normalized spacial score (nSPS) is 12.5. The monoisotopic (exact) mass is 339 g/mol. The van der Waals surface area contributed by atoms with Gasteiger partial charge in [0.1, 0.15) is 5.75 Å². The first-order valence-corrected chi connectivity index (χ1v) is 7.08. The summed E-state index contributed by atoms with van der Waals surface area (Å²) in [5, 5.41) is 12.5. The van der Waals surface area contributed by atoms with E-state index in [1.165, 1.54) is 19.2 Å². The number of hydrogen-bond acceptors (Lipinski definition) is 3. The molecule has 0 aliphatic carbocycles. The van der Waals surface area contributed by atoms with Crippen molar-refractivity contribution < 1.29 is 27.8 Å². The molecule has 0 heterocycles. The van der Waals surface area contributed by atoms with Crippen LogP contribution in [-0.4, -0.2) is 24.7 Å². The highest BCUT2D eigenvalue weighted by atomic mass is 19.4. The van der Waals surface area contributed by atoms with Crippen LogP contribution in [0.15, 0.2) is 48.5 Å². The first-order chi connectivity index (χ1) is 11.3. The van der Waals surface area contributed by atoms with E-state index in [2.05, 4.69) is 5.32 Å². The summed E-state index contributed by atoms with van der Waals surface area (Å²) in [5.74, 6) is 0.208. The van der Waals surface area contributed by atoms with E-state index in [0.29, 0.717) is 11.3 Å². The standard InChI is InChI=1S/C17H16F3NO3/c1-24-14-8-4-12(5-9-14)16(23)21-10-15(22)11-2-6-13(7-3-11)17(18,19)20/h2-9,15,22H,10H2,1H3,(H,21,23). The second kappa shape index (κ2) is 7.35. The molecule has 1 amide bonds. The van der Waals surface area contributed by atoms with Gasteiger partial charge in [-0.15, -0.1) is 0 Å². The SMILES string of the molecule is COc1ccc(C(=O)NCC(O)c2ccc(C(F)(F)F)cc2)cc1. The lowest BCUT2D eigenvalue weighted by Crippen LogP contribution is -2.28. The molecule has 0 spiro atoms. The fourth-order valence-electron chi connectivity index (χ4n) is 2.05. The van der Waals surface area contributed by atoms with Crippen molar-refractivity contribution >= 4 is 5.91 Å². The van der Waals surface area contributed by atoms with Gasteiger partial charge in [-0.25, -0.2) is 0 Å². The van der Waals surface area contributed by atoms with Gasteiger partial charge >= 0.3 is 6.18 Å². The number of amides is 1. The van der Waals surface area contributed by atoms with E-state index in [4.69, 9.17) is 4.74 Å². The molecule has 0 aliphatic heterocycles. The molecule has 128 valence electrons. The Morgan fingerprint density at radius 3 is 2.21 bits per heavy atom. The first kappa shape index (κ1) is 17.8. The van der Waals surface area contributed by atoms with E-state index >= 15 is 0 Å². The smallest absolute Gasteiger partial charge is 0.416 e. The molecule has 0 bridgehead atoms. The molecule has 1 unspecified atom stereocenters. The minimum atomic E-state index is -4.42. The lowest BCUT2D eigenvalue weighted by Gasteiger charge is -2.14. The highest BCUT2D eigenvalue weighted by molar-refractivity contribution is 5.94. The molecule has 0 radical (unpaired) electrons. The molecule has 7 heteroatoms. The van der Waals surface area contributed by atoms with E-state index in [1.807, 2.05) is 0 Å². The number of methoxy groups -OCH3 is 1. The summed E-state index contributed by atoms with van der Waals surface area (Å²) in [6.07, 6.45) is -5.53. The molecule has 0 saturated heterocycles. The van der Waals surface area contributed by atoms with Crippen molar-refractivity contribution in [1.29, 1.82) is 0 Å². The maximum Gasteiger partial charge on any atom is 0.416 e. The molecular formula is C17H16F3NO3. The predicted molar refractivity (Wildman–Crippen MR) is 81.7 cm³/mol. The van der Waals surface area contributed by atoms with Gasteiger partial charge in [0.15, 0.2) is 0 Å². The van der Waals surface area contributed by atoms with Crippen LogP contribution < -0.4 is 10.1 Å². The quantitative estimate of drug-likeness (QED) is 0.880. The summed E-state index contributed by atoms with van der Waals surface area (Å²) in [6, 6.07) is 10.5. The van der Waals surface area contributed by atoms with Crippen LogP contribution in [0.4, 0.5) is 13.2 Å². The number of aliphatic hydroxyl groups excluding tert-OH is 1. The van der Waals surface area contributed by atoms with Crippen LogP contribution in [0.5, 0.6) is 5.75 Å². The molecule has 2 rings (SSSR count). The van der Waals surface area contributed by atoms with Crippen molar-refractivity contribution in [3.05, 3.63) is 65.2 Å². The van der Waals surface area contributed by atoms with Gasteiger partial charge in [-0.1, -0.05) is 12.1 Å². The van der Waals surface area contributed by atoms with Gasteiger partial charge in [-0.2, -0.15) is 13.2 Å². The minimum absolute atomic E-state index is 0.115. The number of halogens is 3. The average molecular weight is 339 g/mol. The average Bonchev–Trinajstić information content (AvgIpc) is 2.58. The lowest BCUT2D eigenvalue weighted by molar-refractivity contribution is -0.137. The molecule has 0 aliphatic rings. The Hall–Kier alpha value is -2.54. The summed E-state index contributed by atoms with van der Waals surface area (Å²) in [5.41, 5.74) is -0.117. The Labute approximate surface area is 136 Å². The minimum Gasteiger partial charge on any atom is -0.497 e. The number of aliphatic hydroxyl groups is 1. The Morgan fingerprint density at radius 1 is 1.12 bits per heavy atom. The van der Waals surface area contributed by atoms with Crippen LogP contribution in [0.3, 0.4) is 0 Å². The molecule has 2 aromatic carbocycles. The second-order valence-corrected chi connectivity index (χ2v) is 5.07. The first-order valence-electron chi connectivity index (χ1n) is 7.08. The fraction of sp³-hybridized carbons (Fsp3) is 0.235. The third-order valence-electron chi connectivity index (χ3n) is 3.43. The van der Waals surface area contributed by atoms with Crippen LogP contribution >= 0.6 is 0 Å². The Bertz CT molecular complexity index is 682. The number of benzene rings is 2. The number of alkyl halides is 3. The number of carbonyl (C=O) groups is 1. The lowest BCUT2D eigenvalue weighted by atomic mass is 10.1. The number of ether oxygens (including phenoxy) is 1. The molecule has 0 fully saturated rings. The summed E-state index contributed by atoms with van der Waals surface area (Å²) in [4.78, 5) is 12.0. The van der Waals surface area contributed by atoms with Crippen LogP contribution in [0.2, 0.25) is 0 Å². The third-order valence-corrected chi connectivity index (χ3v) is 3.43. The Morgan fingerprint density at radius 2 is 1.71 bits per heavy atom. The second-order valence-electron chi connectivity index (χ2n) is 5.07. The van der Waals surface area contributed by atoms with E-state index in [9.17, 15) is 23.1 Å². The number of nitrogens with one attached hydrogen (secondary N) is 1. The van der Waals surface area contributed by atoms with Gasteiger partial charge < -0.3 is 15.2 Å². The van der Waals surface area contributed by atoms with Crippen molar-refractivity contribution in [1.82, 2.24) is 5.32 Å². The predicted octanol–water partition coefficient (Wildman–Crippen LogP) is 3.18. The summed E-state index contributed by atoms with van der Waals surface area (Å²) >= 11 is 0. The van der Waals surface area contributed by atoms with Gasteiger partial charge in [0.05, 0.1) is 18.8 Å². The van der Waals surface area contributed by atoms with Crippen molar-refractivity contribution in [2.75, 3.05) is 13.7 Å². The number of carbonyl (C=O) groups excluding carboxylic acids is 1. The molecule has 0 aromatic heterocycles. The molecule has 0 saturated carbocycles. The van der Waals surface area contributed by atoms with Crippen molar-refractivity contribution in [3.8, 4) is 5.75 Å². The Kier molecular flexibility index (Phi) is 5.46. The van der Waals surface area contributed by atoms with Crippen LogP contribution in [0.1, 0.15) is 27.6 Å². The highest BCUT2D eigenvalue weighted by Crippen LogP contribution is 2.29. The summed E-state index contributed by atoms with van der Waals surface area (Å²) in [7, 11) is 1.51. The maximum absolute atomic E-state index is 12.5. The van der Waals surface area contributed by atoms with Gasteiger partial charge in [0.2, 0.25) is 0 Å². The maximum atomic E-state index is 12.5. The van der Waals surface area contributed by atoms with E-state index < -0.39 is 23.8 Å². The third kappa shape index (κ3) is 4.48. The molecule has 4 nitrogen and oxygen atoms in total. The van der Waals surface area contributed by atoms with E-state index in [1.54, 1.807) is 24.3 Å². The van der Waals surface area contributed by atoms with Gasteiger partial charge in [0, 0.05) is 12.1 Å². The van der Waals surface area contributed by atoms with Gasteiger partial charge in [-0.3, -0.25) is 4.79 Å². The molecule has 24 heavy (non-hydrogen) atoms. The van der Waals surface area contributed by atoms with Crippen LogP contribution in [0, 0.1) is 0 Å².